The van der Waals surface area contributed by atoms with Gasteiger partial charge in [-0.3, -0.25) is 9.59 Å². The Morgan fingerprint density at radius 1 is 1.00 bits per heavy atom. The molecule has 148 valence electrons. The number of carbonyl (C=O) groups is 2. The van der Waals surface area contributed by atoms with E-state index in [-0.39, 0.29) is 30.6 Å². The first kappa shape index (κ1) is 19.9. The lowest BCUT2D eigenvalue weighted by Gasteiger charge is -2.29. The summed E-state index contributed by atoms with van der Waals surface area (Å²) in [4.78, 5) is 27.3. The Morgan fingerprint density at radius 3 is 2.43 bits per heavy atom. The van der Waals surface area contributed by atoms with Gasteiger partial charge in [0.15, 0.2) is 17.3 Å². The molecule has 0 N–H and O–H groups in total. The smallest absolute Gasteiger partial charge is 0.223 e. The summed E-state index contributed by atoms with van der Waals surface area (Å²) < 4.78 is 11.0. The molecule has 1 aliphatic rings. The van der Waals surface area contributed by atoms with Crippen LogP contribution in [0.3, 0.4) is 0 Å². The molecule has 0 saturated carbocycles. The molecule has 1 atom stereocenters. The first-order chi connectivity index (χ1) is 13.6. The van der Waals surface area contributed by atoms with Crippen molar-refractivity contribution >= 4 is 11.7 Å². The zero-order chi connectivity index (χ0) is 19.9. The summed E-state index contributed by atoms with van der Waals surface area (Å²) in [6.45, 7) is 5.67. The second-order valence-electron chi connectivity index (χ2n) is 7.05. The van der Waals surface area contributed by atoms with Crippen LogP contribution >= 0.6 is 0 Å². The number of hydrogen-bond acceptors (Lipinski definition) is 4. The van der Waals surface area contributed by atoms with Gasteiger partial charge in [-0.2, -0.15) is 0 Å². The number of Topliss-reactive ketones (excluding diaryl/α,β-unsaturated/α-hetero) is 1. The van der Waals surface area contributed by atoms with Gasteiger partial charge in [0.2, 0.25) is 5.91 Å². The van der Waals surface area contributed by atoms with Crippen LogP contribution in [0, 0.1) is 0 Å². The van der Waals surface area contributed by atoms with Crippen LogP contribution in [-0.2, 0) is 11.3 Å². The minimum absolute atomic E-state index is 0.00379. The van der Waals surface area contributed by atoms with Crippen LogP contribution in [0.25, 0.3) is 0 Å². The lowest BCUT2D eigenvalue weighted by molar-refractivity contribution is -0.134. The topological polar surface area (TPSA) is 55.8 Å². The maximum absolute atomic E-state index is 12.8. The van der Waals surface area contributed by atoms with Crippen molar-refractivity contribution in [3.63, 3.8) is 0 Å². The molecule has 3 rings (SSSR count). The van der Waals surface area contributed by atoms with E-state index in [1.807, 2.05) is 42.2 Å². The van der Waals surface area contributed by atoms with Gasteiger partial charge >= 0.3 is 0 Å². The van der Waals surface area contributed by atoms with Gasteiger partial charge in [-0.05, 0) is 37.1 Å². The van der Waals surface area contributed by atoms with E-state index in [4.69, 9.17) is 9.47 Å². The van der Waals surface area contributed by atoms with Gasteiger partial charge in [0.05, 0.1) is 0 Å². The molecule has 0 fully saturated rings. The molecule has 0 spiro atoms. The maximum atomic E-state index is 12.8. The SMILES string of the molecule is CCC(C)N(Cc1ccccc1)C(=O)CCC(=O)c1ccc2c(c1)OCCO2. The van der Waals surface area contributed by atoms with Gasteiger partial charge in [-0.1, -0.05) is 37.3 Å². The summed E-state index contributed by atoms with van der Waals surface area (Å²) in [5.41, 5.74) is 1.64. The molecule has 2 aromatic rings. The molecule has 2 aromatic carbocycles. The lowest BCUT2D eigenvalue weighted by atomic mass is 10.0. The summed E-state index contributed by atoms with van der Waals surface area (Å²) in [5.74, 6) is 1.19. The van der Waals surface area contributed by atoms with E-state index in [9.17, 15) is 9.59 Å². The third-order valence-electron chi connectivity index (χ3n) is 5.07. The van der Waals surface area contributed by atoms with Gasteiger partial charge in [-0.25, -0.2) is 0 Å². The molecular weight excluding hydrogens is 354 g/mol. The molecule has 0 saturated heterocycles. The molecule has 1 aliphatic heterocycles. The van der Waals surface area contributed by atoms with Crippen LogP contribution in [0.2, 0.25) is 0 Å². The number of benzene rings is 2. The van der Waals surface area contributed by atoms with Crippen LogP contribution in [0.15, 0.2) is 48.5 Å². The molecule has 1 amide bonds. The highest BCUT2D eigenvalue weighted by Gasteiger charge is 2.21. The van der Waals surface area contributed by atoms with E-state index < -0.39 is 0 Å². The third-order valence-corrected chi connectivity index (χ3v) is 5.07. The van der Waals surface area contributed by atoms with E-state index in [2.05, 4.69) is 6.92 Å². The summed E-state index contributed by atoms with van der Waals surface area (Å²) in [5, 5.41) is 0. The number of ketones is 1. The molecule has 0 radical (unpaired) electrons. The minimum atomic E-state index is -0.0610. The van der Waals surface area contributed by atoms with Crippen molar-refractivity contribution in [2.75, 3.05) is 13.2 Å². The zero-order valence-corrected chi connectivity index (χ0v) is 16.5. The first-order valence-corrected chi connectivity index (χ1v) is 9.84. The van der Waals surface area contributed by atoms with Gasteiger partial charge < -0.3 is 14.4 Å². The molecule has 5 heteroatoms. The monoisotopic (exact) mass is 381 g/mol. The Hall–Kier alpha value is -2.82. The van der Waals surface area contributed by atoms with Crippen LogP contribution in [0.4, 0.5) is 0 Å². The highest BCUT2D eigenvalue weighted by atomic mass is 16.6. The summed E-state index contributed by atoms with van der Waals surface area (Å²) in [6, 6.07) is 15.3. The van der Waals surface area contributed by atoms with Crippen LogP contribution < -0.4 is 9.47 Å². The van der Waals surface area contributed by atoms with Crippen molar-refractivity contribution in [1.29, 1.82) is 0 Å². The number of ether oxygens (including phenoxy) is 2. The predicted molar refractivity (Wildman–Crippen MR) is 108 cm³/mol. The fraction of sp³-hybridized carbons (Fsp3) is 0.391. The Kier molecular flexibility index (Phi) is 6.69. The number of nitrogens with zero attached hydrogens (tertiary/aromatic N) is 1. The fourth-order valence-electron chi connectivity index (χ4n) is 3.22. The molecule has 28 heavy (non-hydrogen) atoms. The number of carbonyl (C=O) groups excluding carboxylic acids is 2. The second-order valence-corrected chi connectivity index (χ2v) is 7.05. The van der Waals surface area contributed by atoms with E-state index >= 15 is 0 Å². The number of hydrogen-bond donors (Lipinski definition) is 0. The molecular formula is C23H27NO4. The normalized spacial score (nSPS) is 13.6. The average Bonchev–Trinajstić information content (AvgIpc) is 2.75. The van der Waals surface area contributed by atoms with E-state index in [0.717, 1.165) is 12.0 Å². The van der Waals surface area contributed by atoms with Gasteiger partial charge in [0, 0.05) is 31.0 Å². The maximum Gasteiger partial charge on any atom is 0.223 e. The van der Waals surface area contributed by atoms with Crippen molar-refractivity contribution < 1.29 is 19.1 Å². The van der Waals surface area contributed by atoms with Gasteiger partial charge in [-0.15, -0.1) is 0 Å². The van der Waals surface area contributed by atoms with Gasteiger partial charge in [0.25, 0.3) is 0 Å². The fourth-order valence-corrected chi connectivity index (χ4v) is 3.22. The lowest BCUT2D eigenvalue weighted by Crippen LogP contribution is -2.37. The average molecular weight is 381 g/mol. The summed E-state index contributed by atoms with van der Waals surface area (Å²) in [7, 11) is 0. The number of fused-ring (bicyclic) bond motifs is 1. The predicted octanol–water partition coefficient (Wildman–Crippen LogP) is 4.25. The zero-order valence-electron chi connectivity index (χ0n) is 16.5. The van der Waals surface area contributed by atoms with Crippen molar-refractivity contribution in [2.45, 2.75) is 45.7 Å². The summed E-state index contributed by atoms with van der Waals surface area (Å²) >= 11 is 0. The Morgan fingerprint density at radius 2 is 1.71 bits per heavy atom. The summed E-state index contributed by atoms with van der Waals surface area (Å²) in [6.07, 6.45) is 1.25. The molecule has 1 heterocycles. The molecule has 0 aliphatic carbocycles. The Bertz CT molecular complexity index is 819. The van der Waals surface area contributed by atoms with Crippen molar-refractivity contribution in [1.82, 2.24) is 4.90 Å². The van der Waals surface area contributed by atoms with Crippen molar-refractivity contribution in [2.24, 2.45) is 0 Å². The quantitative estimate of drug-likeness (QED) is 0.642. The third kappa shape index (κ3) is 4.91. The molecule has 1 unspecified atom stereocenters. The Balaban J connectivity index is 1.62. The van der Waals surface area contributed by atoms with E-state index in [0.29, 0.717) is 36.8 Å². The molecule has 5 nitrogen and oxygen atoms in total. The standard InChI is InChI=1S/C23H27NO4/c1-3-17(2)24(16-18-7-5-4-6-8-18)23(26)12-10-20(25)19-9-11-21-22(15-19)28-14-13-27-21/h4-9,11,15,17H,3,10,12-14,16H2,1-2H3. The second kappa shape index (κ2) is 9.40. The highest BCUT2D eigenvalue weighted by molar-refractivity contribution is 5.98. The first-order valence-electron chi connectivity index (χ1n) is 9.84. The highest BCUT2D eigenvalue weighted by Crippen LogP contribution is 2.31. The van der Waals surface area contributed by atoms with Crippen LogP contribution in [0.1, 0.15) is 49.0 Å². The number of rotatable bonds is 8. The largest absolute Gasteiger partial charge is 0.486 e. The van der Waals surface area contributed by atoms with E-state index in [1.165, 1.54) is 0 Å². The van der Waals surface area contributed by atoms with Crippen molar-refractivity contribution in [3.8, 4) is 11.5 Å². The molecule has 0 bridgehead atoms. The van der Waals surface area contributed by atoms with E-state index in [1.54, 1.807) is 18.2 Å². The minimum Gasteiger partial charge on any atom is -0.486 e. The van der Waals surface area contributed by atoms with Crippen molar-refractivity contribution in [3.05, 3.63) is 59.7 Å². The molecule has 0 aromatic heterocycles. The Labute approximate surface area is 166 Å². The van der Waals surface area contributed by atoms with Crippen LogP contribution in [-0.4, -0.2) is 35.8 Å². The van der Waals surface area contributed by atoms with Crippen LogP contribution in [0.5, 0.6) is 11.5 Å². The number of amides is 1. The van der Waals surface area contributed by atoms with Gasteiger partial charge in [0.1, 0.15) is 13.2 Å².